The van der Waals surface area contributed by atoms with Crippen LogP contribution in [0.15, 0.2) is 65.8 Å². The summed E-state index contributed by atoms with van der Waals surface area (Å²) in [6.07, 6.45) is 3.16. The molecular weight excluding hydrogens is 318 g/mol. The minimum absolute atomic E-state index is 0.297. The summed E-state index contributed by atoms with van der Waals surface area (Å²) in [5, 5.41) is 2.99. The number of ether oxygens (including phenoxy) is 1. The molecule has 2 aromatic heterocycles. The van der Waals surface area contributed by atoms with Gasteiger partial charge >= 0.3 is 5.69 Å². The Morgan fingerprint density at radius 1 is 1.04 bits per heavy atom. The van der Waals surface area contributed by atoms with Crippen LogP contribution in [0.5, 0.6) is 0 Å². The molecule has 0 saturated carbocycles. The van der Waals surface area contributed by atoms with Gasteiger partial charge in [0.15, 0.2) is 0 Å². The van der Waals surface area contributed by atoms with Crippen LogP contribution in [0, 0.1) is 0 Å². The van der Waals surface area contributed by atoms with Gasteiger partial charge in [-0.1, -0.05) is 36.4 Å². The average molecular weight is 337 g/mol. The number of nitrogens with zero attached hydrogens (tertiary/aromatic N) is 4. The molecule has 7 nitrogen and oxygen atoms in total. The second-order valence-electron chi connectivity index (χ2n) is 5.38. The highest BCUT2D eigenvalue weighted by Gasteiger charge is 2.03. The quantitative estimate of drug-likeness (QED) is 0.630. The van der Waals surface area contributed by atoms with Crippen LogP contribution in [0.1, 0.15) is 11.3 Å². The average Bonchev–Trinajstić information content (AvgIpc) is 2.65. The van der Waals surface area contributed by atoms with Gasteiger partial charge in [0.2, 0.25) is 5.95 Å². The van der Waals surface area contributed by atoms with E-state index in [1.54, 1.807) is 6.20 Å². The molecule has 0 fully saturated rings. The van der Waals surface area contributed by atoms with Crippen molar-refractivity contribution in [3.05, 3.63) is 82.8 Å². The summed E-state index contributed by atoms with van der Waals surface area (Å²) in [5.41, 5.74) is 1.53. The van der Waals surface area contributed by atoms with Gasteiger partial charge in [-0.2, -0.15) is 4.98 Å². The van der Waals surface area contributed by atoms with Crippen LogP contribution in [0.2, 0.25) is 0 Å². The van der Waals surface area contributed by atoms with Crippen molar-refractivity contribution in [3.8, 4) is 0 Å². The van der Waals surface area contributed by atoms with Crippen LogP contribution in [0.4, 0.5) is 5.95 Å². The number of anilines is 1. The Labute approximate surface area is 145 Å². The Bertz CT molecular complexity index is 837. The van der Waals surface area contributed by atoms with Crippen molar-refractivity contribution in [3.63, 3.8) is 0 Å². The number of aromatic nitrogens is 4. The summed E-state index contributed by atoms with van der Waals surface area (Å²) in [6, 6.07) is 15.5. The lowest BCUT2D eigenvalue weighted by atomic mass is 10.2. The van der Waals surface area contributed by atoms with E-state index in [0.717, 1.165) is 11.3 Å². The molecule has 0 unspecified atom stereocenters. The summed E-state index contributed by atoms with van der Waals surface area (Å²) < 4.78 is 6.98. The highest BCUT2D eigenvalue weighted by molar-refractivity contribution is 5.20. The molecule has 0 atom stereocenters. The van der Waals surface area contributed by atoms with Crippen molar-refractivity contribution in [2.45, 2.75) is 13.2 Å². The fraction of sp³-hybridized carbons (Fsp3) is 0.222. The van der Waals surface area contributed by atoms with Gasteiger partial charge in [0, 0.05) is 12.7 Å². The normalized spacial score (nSPS) is 10.6. The van der Waals surface area contributed by atoms with E-state index in [9.17, 15) is 4.79 Å². The van der Waals surface area contributed by atoms with E-state index >= 15 is 0 Å². The van der Waals surface area contributed by atoms with Gasteiger partial charge in [-0.25, -0.2) is 9.78 Å². The Morgan fingerprint density at radius 2 is 1.88 bits per heavy atom. The molecule has 1 N–H and O–H groups in total. The molecule has 0 bridgehead atoms. The summed E-state index contributed by atoms with van der Waals surface area (Å²) in [7, 11) is 0. The van der Waals surface area contributed by atoms with Crippen LogP contribution < -0.4 is 11.0 Å². The van der Waals surface area contributed by atoms with E-state index in [0.29, 0.717) is 32.3 Å². The van der Waals surface area contributed by atoms with E-state index in [1.165, 1.54) is 10.9 Å². The van der Waals surface area contributed by atoms with Crippen molar-refractivity contribution in [2.24, 2.45) is 0 Å². The van der Waals surface area contributed by atoms with Gasteiger partial charge in [-0.15, -0.1) is 0 Å². The maximum absolute atomic E-state index is 12.0. The minimum atomic E-state index is -0.367. The summed E-state index contributed by atoms with van der Waals surface area (Å²) in [4.78, 5) is 24.3. The molecule has 0 amide bonds. The number of rotatable bonds is 8. The Hall–Kier alpha value is -3.06. The van der Waals surface area contributed by atoms with E-state index in [1.807, 2.05) is 48.5 Å². The topological polar surface area (TPSA) is 81.9 Å². The third-order valence-corrected chi connectivity index (χ3v) is 3.47. The van der Waals surface area contributed by atoms with Gasteiger partial charge in [-0.05, 0) is 17.7 Å². The molecular formula is C18H19N5O2. The van der Waals surface area contributed by atoms with Crippen molar-refractivity contribution >= 4 is 5.95 Å². The van der Waals surface area contributed by atoms with E-state index in [4.69, 9.17) is 4.74 Å². The maximum atomic E-state index is 12.0. The highest BCUT2D eigenvalue weighted by atomic mass is 16.5. The van der Waals surface area contributed by atoms with E-state index in [2.05, 4.69) is 20.3 Å². The highest BCUT2D eigenvalue weighted by Crippen LogP contribution is 2.00. The smallest absolute Gasteiger partial charge is 0.352 e. The molecule has 0 spiro atoms. The number of hydrogen-bond donors (Lipinski definition) is 1. The predicted molar refractivity (Wildman–Crippen MR) is 94.2 cm³/mol. The molecule has 0 aliphatic rings. The Balaban J connectivity index is 1.45. The van der Waals surface area contributed by atoms with E-state index < -0.39 is 0 Å². The van der Waals surface area contributed by atoms with Crippen LogP contribution >= 0.6 is 0 Å². The second-order valence-corrected chi connectivity index (χ2v) is 5.38. The molecule has 2 heterocycles. The lowest BCUT2D eigenvalue weighted by molar-refractivity contribution is 0.130. The Morgan fingerprint density at radius 3 is 2.64 bits per heavy atom. The second kappa shape index (κ2) is 8.70. The number of hydrogen-bond acceptors (Lipinski definition) is 6. The molecule has 7 heteroatoms. The van der Waals surface area contributed by atoms with Crippen LogP contribution in [0.3, 0.4) is 0 Å². The largest absolute Gasteiger partial charge is 0.375 e. The lowest BCUT2D eigenvalue weighted by Crippen LogP contribution is -2.26. The molecule has 0 aliphatic carbocycles. The minimum Gasteiger partial charge on any atom is -0.375 e. The van der Waals surface area contributed by atoms with Crippen LogP contribution in [0.25, 0.3) is 0 Å². The van der Waals surface area contributed by atoms with Crippen molar-refractivity contribution in [2.75, 3.05) is 18.5 Å². The van der Waals surface area contributed by atoms with Gasteiger partial charge in [0.25, 0.3) is 0 Å². The van der Waals surface area contributed by atoms with Gasteiger partial charge in [0.1, 0.15) is 6.33 Å². The molecule has 0 radical (unpaired) electrons. The standard InChI is InChI=1S/C18H19N5O2/c24-18-22-17(20-10-11-25-13-15-6-2-1-3-7-15)21-14-23(18)12-16-8-4-5-9-19-16/h1-9,14H,10-13H2,(H,20,22,24). The molecule has 128 valence electrons. The molecule has 1 aromatic carbocycles. The van der Waals surface area contributed by atoms with Gasteiger partial charge < -0.3 is 10.1 Å². The zero-order valence-corrected chi connectivity index (χ0v) is 13.7. The van der Waals surface area contributed by atoms with Gasteiger partial charge in [0.05, 0.1) is 25.5 Å². The third kappa shape index (κ3) is 5.22. The first-order chi connectivity index (χ1) is 12.3. The zero-order valence-electron chi connectivity index (χ0n) is 13.7. The number of pyridine rings is 1. The lowest BCUT2D eigenvalue weighted by Gasteiger charge is -2.07. The summed E-state index contributed by atoms with van der Waals surface area (Å²) in [5.74, 6) is 0.297. The number of benzene rings is 1. The third-order valence-electron chi connectivity index (χ3n) is 3.47. The van der Waals surface area contributed by atoms with Crippen molar-refractivity contribution in [1.82, 2.24) is 19.5 Å². The van der Waals surface area contributed by atoms with Crippen molar-refractivity contribution < 1.29 is 4.74 Å². The number of nitrogens with one attached hydrogen (secondary N) is 1. The zero-order chi connectivity index (χ0) is 17.3. The van der Waals surface area contributed by atoms with Crippen LogP contribution in [-0.2, 0) is 17.9 Å². The maximum Gasteiger partial charge on any atom is 0.352 e. The first-order valence-electron chi connectivity index (χ1n) is 8.00. The monoisotopic (exact) mass is 337 g/mol. The Kier molecular flexibility index (Phi) is 5.84. The van der Waals surface area contributed by atoms with Gasteiger partial charge in [-0.3, -0.25) is 9.55 Å². The molecule has 25 heavy (non-hydrogen) atoms. The first kappa shape index (κ1) is 16.8. The van der Waals surface area contributed by atoms with Crippen molar-refractivity contribution in [1.29, 1.82) is 0 Å². The fourth-order valence-electron chi connectivity index (χ4n) is 2.22. The predicted octanol–water partition coefficient (Wildman–Crippen LogP) is 1.71. The SMILES string of the molecule is O=c1nc(NCCOCc2ccccc2)ncn1Cc1ccccn1. The fourth-order valence-corrected chi connectivity index (χ4v) is 2.22. The molecule has 0 saturated heterocycles. The van der Waals surface area contributed by atoms with Crippen LogP contribution in [-0.4, -0.2) is 32.7 Å². The molecule has 3 aromatic rings. The summed E-state index contributed by atoms with van der Waals surface area (Å²) in [6.45, 7) is 1.92. The summed E-state index contributed by atoms with van der Waals surface area (Å²) >= 11 is 0. The molecule has 3 rings (SSSR count). The molecule has 0 aliphatic heterocycles. The van der Waals surface area contributed by atoms with E-state index in [-0.39, 0.29) is 5.69 Å². The first-order valence-corrected chi connectivity index (χ1v) is 8.00.